The molecule has 32 heavy (non-hydrogen) atoms. The van der Waals surface area contributed by atoms with Gasteiger partial charge in [-0.2, -0.15) is 4.68 Å². The molecule has 10 heteroatoms. The van der Waals surface area contributed by atoms with Gasteiger partial charge in [-0.15, -0.1) is 18.3 Å². The van der Waals surface area contributed by atoms with Crippen molar-refractivity contribution in [2.24, 2.45) is 5.41 Å². The number of rotatable bonds is 6. The largest absolute Gasteiger partial charge is 0.573 e. The molecule has 0 unspecified atom stereocenters. The molecule has 3 aromatic rings. The van der Waals surface area contributed by atoms with Crippen LogP contribution in [0.25, 0.3) is 11.3 Å². The number of halogens is 3. The smallest absolute Gasteiger partial charge is 0.406 e. The zero-order chi connectivity index (χ0) is 23.4. The summed E-state index contributed by atoms with van der Waals surface area (Å²) < 4.78 is 42.0. The van der Waals surface area contributed by atoms with Gasteiger partial charge < -0.3 is 9.64 Å². The van der Waals surface area contributed by atoms with Crippen molar-refractivity contribution in [1.29, 1.82) is 0 Å². The van der Waals surface area contributed by atoms with Crippen molar-refractivity contribution in [2.45, 2.75) is 33.6 Å². The fraction of sp³-hybridized carbons (Fsp3) is 0.364. The molecule has 0 radical (unpaired) electrons. The van der Waals surface area contributed by atoms with Crippen molar-refractivity contribution in [2.75, 3.05) is 13.1 Å². The number of hydrogen-bond acceptors (Lipinski definition) is 5. The number of alkyl halides is 3. The highest BCUT2D eigenvalue weighted by atomic mass is 19.4. The first-order chi connectivity index (χ1) is 15.0. The Morgan fingerprint density at radius 2 is 1.84 bits per heavy atom. The topological polar surface area (TPSA) is 73.1 Å². The number of carbonyl (C=O) groups excluding carboxylic acids is 1. The zero-order valence-corrected chi connectivity index (χ0v) is 18.0. The lowest BCUT2D eigenvalue weighted by atomic mass is 9.96. The van der Waals surface area contributed by atoms with Gasteiger partial charge in [0.25, 0.3) is 0 Å². The van der Waals surface area contributed by atoms with E-state index in [1.54, 1.807) is 17.3 Å². The van der Waals surface area contributed by atoms with Crippen LogP contribution in [0.1, 0.15) is 26.3 Å². The van der Waals surface area contributed by atoms with Gasteiger partial charge in [0.1, 0.15) is 11.4 Å². The van der Waals surface area contributed by atoms with Gasteiger partial charge in [0.05, 0.1) is 6.20 Å². The number of ether oxygens (including phenoxy) is 1. The average molecular weight is 447 g/mol. The number of hydrogen-bond donors (Lipinski definition) is 0. The van der Waals surface area contributed by atoms with Gasteiger partial charge in [0.15, 0.2) is 0 Å². The van der Waals surface area contributed by atoms with Gasteiger partial charge in [-0.25, -0.2) is 4.79 Å². The van der Waals surface area contributed by atoms with Crippen molar-refractivity contribution in [1.82, 2.24) is 24.9 Å². The summed E-state index contributed by atoms with van der Waals surface area (Å²) in [6.07, 6.45) is 0.794. The molecule has 0 spiro atoms. The molecular formula is C22H24F3N5O2. The number of carbonyl (C=O) groups is 1. The lowest BCUT2D eigenvalue weighted by Gasteiger charge is -2.29. The summed E-state index contributed by atoms with van der Waals surface area (Å²) in [6, 6.07) is 8.68. The number of aromatic nitrogens is 4. The monoisotopic (exact) mass is 447 g/mol. The van der Waals surface area contributed by atoms with E-state index >= 15 is 0 Å². The van der Waals surface area contributed by atoms with E-state index in [9.17, 15) is 18.0 Å². The summed E-state index contributed by atoms with van der Waals surface area (Å²) in [4.78, 5) is 18.9. The molecule has 3 rings (SSSR count). The highest BCUT2D eigenvalue weighted by Gasteiger charge is 2.31. The number of benzene rings is 1. The SMILES string of the molecule is CC(C)(C)CN(CCc1cccnc1)C(=O)n1cc(-c2ccc(OC(F)(F)F)cc2)nn1. The molecular weight excluding hydrogens is 423 g/mol. The normalized spacial score (nSPS) is 11.9. The second-order valence-corrected chi connectivity index (χ2v) is 8.50. The summed E-state index contributed by atoms with van der Waals surface area (Å²) in [7, 11) is 0. The molecule has 1 aromatic carbocycles. The third kappa shape index (κ3) is 6.79. The third-order valence-corrected chi connectivity index (χ3v) is 4.40. The van der Waals surface area contributed by atoms with Crippen molar-refractivity contribution < 1.29 is 22.7 Å². The van der Waals surface area contributed by atoms with E-state index in [0.29, 0.717) is 30.8 Å². The van der Waals surface area contributed by atoms with Crippen LogP contribution in [0.3, 0.4) is 0 Å². The summed E-state index contributed by atoms with van der Waals surface area (Å²) in [6.45, 7) is 7.09. The summed E-state index contributed by atoms with van der Waals surface area (Å²) in [5, 5.41) is 7.93. The maximum Gasteiger partial charge on any atom is 0.573 e. The average Bonchev–Trinajstić information content (AvgIpc) is 3.20. The first-order valence-corrected chi connectivity index (χ1v) is 9.97. The van der Waals surface area contributed by atoms with Crippen molar-refractivity contribution >= 4 is 6.03 Å². The predicted octanol–water partition coefficient (Wildman–Crippen LogP) is 4.80. The Bertz CT molecular complexity index is 1030. The van der Waals surface area contributed by atoms with E-state index in [4.69, 9.17) is 0 Å². The van der Waals surface area contributed by atoms with Crippen LogP contribution in [0.4, 0.5) is 18.0 Å². The number of amides is 1. The Balaban J connectivity index is 1.74. The fourth-order valence-electron chi connectivity index (χ4n) is 3.09. The van der Waals surface area contributed by atoms with Crippen LogP contribution in [-0.4, -0.2) is 50.4 Å². The predicted molar refractivity (Wildman–Crippen MR) is 112 cm³/mol. The zero-order valence-electron chi connectivity index (χ0n) is 18.0. The standard InChI is InChI=1S/C22H24F3N5O2/c1-21(2,3)15-29(12-10-16-5-4-11-26-13-16)20(31)30-14-19(27-28-30)17-6-8-18(9-7-17)32-22(23,24)25/h4-9,11,13-14H,10,12,15H2,1-3H3. The fourth-order valence-corrected chi connectivity index (χ4v) is 3.09. The van der Waals surface area contributed by atoms with Crippen LogP contribution in [0.5, 0.6) is 5.75 Å². The van der Waals surface area contributed by atoms with E-state index in [0.717, 1.165) is 10.2 Å². The molecule has 7 nitrogen and oxygen atoms in total. The molecule has 0 bridgehead atoms. The quantitative estimate of drug-likeness (QED) is 0.543. The van der Waals surface area contributed by atoms with E-state index < -0.39 is 6.36 Å². The van der Waals surface area contributed by atoms with Gasteiger partial charge in [0.2, 0.25) is 0 Å². The van der Waals surface area contributed by atoms with E-state index in [1.807, 2.05) is 32.9 Å². The van der Waals surface area contributed by atoms with Gasteiger partial charge in [-0.05, 0) is 47.7 Å². The van der Waals surface area contributed by atoms with E-state index in [1.165, 1.54) is 30.5 Å². The van der Waals surface area contributed by atoms with Gasteiger partial charge in [-0.3, -0.25) is 4.98 Å². The van der Waals surface area contributed by atoms with Crippen LogP contribution >= 0.6 is 0 Å². The van der Waals surface area contributed by atoms with Crippen molar-refractivity contribution in [3.05, 3.63) is 60.6 Å². The molecule has 0 fully saturated rings. The van der Waals surface area contributed by atoms with Crippen LogP contribution in [0, 0.1) is 5.41 Å². The Morgan fingerprint density at radius 1 is 1.12 bits per heavy atom. The van der Waals surface area contributed by atoms with Crippen LogP contribution in [0.15, 0.2) is 55.0 Å². The van der Waals surface area contributed by atoms with Crippen LogP contribution in [0.2, 0.25) is 0 Å². The Morgan fingerprint density at radius 3 is 2.44 bits per heavy atom. The molecule has 0 N–H and O–H groups in total. The molecule has 0 aliphatic heterocycles. The van der Waals surface area contributed by atoms with E-state index in [-0.39, 0.29) is 17.2 Å². The van der Waals surface area contributed by atoms with Gasteiger partial charge in [0, 0.05) is 31.0 Å². The van der Waals surface area contributed by atoms with E-state index in [2.05, 4.69) is 20.0 Å². The van der Waals surface area contributed by atoms with Gasteiger partial charge in [-0.1, -0.05) is 32.1 Å². The molecule has 0 atom stereocenters. The Hall–Kier alpha value is -3.43. The number of nitrogens with zero attached hydrogens (tertiary/aromatic N) is 5. The maximum absolute atomic E-state index is 13.1. The highest BCUT2D eigenvalue weighted by Crippen LogP contribution is 2.25. The molecule has 2 heterocycles. The maximum atomic E-state index is 13.1. The molecule has 0 saturated carbocycles. The molecule has 170 valence electrons. The van der Waals surface area contributed by atoms with Crippen molar-refractivity contribution in [3.8, 4) is 17.0 Å². The Labute approximate surface area is 183 Å². The summed E-state index contributed by atoms with van der Waals surface area (Å²) >= 11 is 0. The first-order valence-electron chi connectivity index (χ1n) is 9.97. The molecule has 0 saturated heterocycles. The molecule has 2 aromatic heterocycles. The van der Waals surface area contributed by atoms with Crippen LogP contribution in [-0.2, 0) is 6.42 Å². The first kappa shape index (κ1) is 23.2. The minimum Gasteiger partial charge on any atom is -0.406 e. The highest BCUT2D eigenvalue weighted by molar-refractivity contribution is 5.77. The number of pyridine rings is 1. The molecule has 1 amide bonds. The molecule has 0 aliphatic carbocycles. The summed E-state index contributed by atoms with van der Waals surface area (Å²) in [5.74, 6) is -0.337. The minimum absolute atomic E-state index is 0.137. The second-order valence-electron chi connectivity index (χ2n) is 8.50. The Kier molecular flexibility index (Phi) is 6.81. The lowest BCUT2D eigenvalue weighted by Crippen LogP contribution is -2.41. The van der Waals surface area contributed by atoms with Crippen LogP contribution < -0.4 is 4.74 Å². The molecule has 0 aliphatic rings. The van der Waals surface area contributed by atoms with Gasteiger partial charge >= 0.3 is 12.4 Å². The second kappa shape index (κ2) is 9.37. The van der Waals surface area contributed by atoms with Crippen molar-refractivity contribution in [3.63, 3.8) is 0 Å². The minimum atomic E-state index is -4.76. The lowest BCUT2D eigenvalue weighted by molar-refractivity contribution is -0.274. The summed E-state index contributed by atoms with van der Waals surface area (Å²) in [5.41, 5.74) is 1.75. The third-order valence-electron chi connectivity index (χ3n) is 4.40.